The molecule has 0 saturated heterocycles. The Balaban J connectivity index is 0.00000196. The van der Waals surface area contributed by atoms with Crippen LogP contribution in [-0.4, -0.2) is 71.8 Å². The third kappa shape index (κ3) is 2.83. The summed E-state index contributed by atoms with van der Waals surface area (Å²) in [5, 5.41) is 0. The molecule has 0 aliphatic heterocycles. The molecule has 26 heavy (non-hydrogen) atoms. The first kappa shape index (κ1) is 18.6. The number of hydrogen-bond donors (Lipinski definition) is 0. The zero-order valence-electron chi connectivity index (χ0n) is 15.4. The van der Waals surface area contributed by atoms with Gasteiger partial charge >= 0.3 is 34.0 Å². The van der Waals surface area contributed by atoms with Gasteiger partial charge in [0, 0.05) is 0 Å². The van der Waals surface area contributed by atoms with Gasteiger partial charge in [0.15, 0.2) is 0 Å². The SMILES string of the molecule is Cc1cn([B-](n2cnc(C)c2)(n2cnc(C)c2)n2cnc(C)c2)cn1.[Tl+]. The van der Waals surface area contributed by atoms with Gasteiger partial charge in [-0.1, -0.05) is 0 Å². The molecule has 4 rings (SSSR count). The molecule has 0 atom stereocenters. The maximum absolute atomic E-state index is 4.46. The fraction of sp³-hybridized carbons (Fsp3) is 0.250. The van der Waals surface area contributed by atoms with Crippen LogP contribution in [0.4, 0.5) is 0 Å². The summed E-state index contributed by atoms with van der Waals surface area (Å²) in [5.74, 6) is 0. The summed E-state index contributed by atoms with van der Waals surface area (Å²) in [6.45, 7) is 6.21. The van der Waals surface area contributed by atoms with Crippen molar-refractivity contribution >= 4 is 34.0 Å². The van der Waals surface area contributed by atoms with Gasteiger partial charge in [0.2, 0.25) is 0 Å². The molecule has 0 aliphatic rings. The number of nitrogens with zero attached hydrogens (tertiary/aromatic N) is 8. The predicted octanol–water partition coefficient (Wildman–Crippen LogP) is 1.25. The normalized spacial score (nSPS) is 11.5. The fourth-order valence-corrected chi connectivity index (χ4v) is 3.44. The van der Waals surface area contributed by atoms with Crippen molar-refractivity contribution in [1.29, 1.82) is 0 Å². The monoisotopic (exact) mass is 540 g/mol. The average Bonchev–Trinajstić information content (AvgIpc) is 3.33. The van der Waals surface area contributed by atoms with Crippen LogP contribution in [0.15, 0.2) is 50.1 Å². The van der Waals surface area contributed by atoms with Gasteiger partial charge in [0.05, 0.1) is 48.1 Å². The minimum Gasteiger partial charge on any atom is -0.455 e. The Bertz CT molecular complexity index is 860. The van der Waals surface area contributed by atoms with Crippen molar-refractivity contribution in [3.05, 3.63) is 72.9 Å². The van der Waals surface area contributed by atoms with Crippen molar-refractivity contribution in [1.82, 2.24) is 37.8 Å². The zero-order valence-corrected chi connectivity index (χ0v) is 19.8. The first-order chi connectivity index (χ1) is 12.0. The summed E-state index contributed by atoms with van der Waals surface area (Å²) in [7, 11) is 0. The second kappa shape index (κ2) is 6.86. The van der Waals surface area contributed by atoms with Crippen molar-refractivity contribution in [3.63, 3.8) is 0 Å². The summed E-state index contributed by atoms with van der Waals surface area (Å²) in [6, 6.07) is 0. The fourth-order valence-electron chi connectivity index (χ4n) is 3.44. The second-order valence-electron chi connectivity index (χ2n) is 6.54. The topological polar surface area (TPSA) is 71.3 Å². The van der Waals surface area contributed by atoms with Crippen LogP contribution in [0, 0.1) is 27.7 Å². The van der Waals surface area contributed by atoms with Crippen LogP contribution in [0.1, 0.15) is 22.8 Å². The molecular formula is C16H20BN8Tl. The predicted molar refractivity (Wildman–Crippen MR) is 101 cm³/mol. The Morgan fingerprint density at radius 1 is 0.538 bits per heavy atom. The molecule has 4 heterocycles. The standard InChI is InChI=1S/C16H20BN8.Tl/c1-13-5-22(9-18-13)17(23-6-14(2)19-10-23,24-7-15(3)20-11-24)25-8-16(4)21-12-25;/h5-12H,1-4H3;/q-1;+1. The van der Waals surface area contributed by atoms with Crippen molar-refractivity contribution < 1.29 is 0 Å². The number of imidazole rings is 4. The molecule has 0 aliphatic carbocycles. The number of hydrogen-bond acceptors (Lipinski definition) is 4. The van der Waals surface area contributed by atoms with E-state index in [-0.39, 0.29) is 27.3 Å². The first-order valence-corrected chi connectivity index (χ1v) is 8.18. The van der Waals surface area contributed by atoms with Crippen LogP contribution in [0.2, 0.25) is 0 Å². The smallest absolute Gasteiger partial charge is 0.455 e. The molecule has 0 unspecified atom stereocenters. The van der Waals surface area contributed by atoms with Gasteiger partial charge in [-0.25, -0.2) is 19.9 Å². The molecule has 0 aromatic carbocycles. The molecular weight excluding hydrogens is 519 g/mol. The third-order valence-corrected chi connectivity index (χ3v) is 4.52. The number of aromatic nitrogens is 8. The minimum absolute atomic E-state index is 0. The van der Waals surface area contributed by atoms with E-state index in [2.05, 4.69) is 37.8 Å². The first-order valence-electron chi connectivity index (χ1n) is 8.18. The van der Waals surface area contributed by atoms with Gasteiger partial charge < -0.3 is 17.9 Å². The van der Waals surface area contributed by atoms with Gasteiger partial charge in [-0.15, -0.1) is 0 Å². The van der Waals surface area contributed by atoms with E-state index in [4.69, 9.17) is 0 Å². The van der Waals surface area contributed by atoms with E-state index in [9.17, 15) is 0 Å². The number of rotatable bonds is 4. The van der Waals surface area contributed by atoms with E-state index in [1.165, 1.54) is 0 Å². The summed E-state index contributed by atoms with van der Waals surface area (Å²) in [6.07, 6.45) is 15.5. The maximum Gasteiger partial charge on any atom is 1.00 e. The number of aryl methyl sites for hydroxylation is 4. The van der Waals surface area contributed by atoms with Crippen LogP contribution in [-0.2, 0) is 0 Å². The van der Waals surface area contributed by atoms with Crippen LogP contribution in [0.3, 0.4) is 0 Å². The Labute approximate surface area is 172 Å². The Hall–Kier alpha value is -2.17. The molecule has 4 aromatic rings. The molecule has 0 saturated carbocycles. The van der Waals surface area contributed by atoms with E-state index in [0.29, 0.717) is 0 Å². The Morgan fingerprint density at radius 3 is 0.923 bits per heavy atom. The van der Waals surface area contributed by atoms with E-state index in [1.807, 2.05) is 77.8 Å². The van der Waals surface area contributed by atoms with Gasteiger partial charge in [-0.2, -0.15) is 0 Å². The van der Waals surface area contributed by atoms with E-state index >= 15 is 0 Å². The van der Waals surface area contributed by atoms with Gasteiger partial charge in [-0.05, 0) is 52.5 Å². The molecule has 0 spiro atoms. The van der Waals surface area contributed by atoms with Crippen LogP contribution in [0.5, 0.6) is 0 Å². The van der Waals surface area contributed by atoms with Crippen molar-refractivity contribution in [2.24, 2.45) is 0 Å². The average molecular weight is 540 g/mol. The molecule has 130 valence electrons. The molecule has 0 fully saturated rings. The van der Waals surface area contributed by atoms with Crippen LogP contribution < -0.4 is 0 Å². The maximum atomic E-state index is 4.46. The van der Waals surface area contributed by atoms with Gasteiger partial charge in [-0.3, -0.25) is 0 Å². The Morgan fingerprint density at radius 2 is 0.769 bits per heavy atom. The van der Waals surface area contributed by atoms with E-state index in [0.717, 1.165) is 22.8 Å². The van der Waals surface area contributed by atoms with Crippen molar-refractivity contribution in [3.8, 4) is 0 Å². The molecule has 10 heteroatoms. The summed E-state index contributed by atoms with van der Waals surface area (Å²) in [5.41, 5.74) is 3.77. The second-order valence-corrected chi connectivity index (χ2v) is 6.54. The molecule has 0 bridgehead atoms. The van der Waals surface area contributed by atoms with Crippen LogP contribution in [0.25, 0.3) is 0 Å². The molecule has 8 nitrogen and oxygen atoms in total. The van der Waals surface area contributed by atoms with Crippen LogP contribution >= 0.6 is 0 Å². The van der Waals surface area contributed by atoms with E-state index < -0.39 is 6.69 Å². The molecule has 0 N–H and O–H groups in total. The minimum atomic E-state index is -1.72. The summed E-state index contributed by atoms with van der Waals surface area (Å²) < 4.78 is 8.38. The molecule has 4 aromatic heterocycles. The van der Waals surface area contributed by atoms with Gasteiger partial charge in [0.1, 0.15) is 0 Å². The third-order valence-electron chi connectivity index (χ3n) is 4.52. The van der Waals surface area contributed by atoms with Gasteiger partial charge in [0.25, 0.3) is 0 Å². The summed E-state index contributed by atoms with van der Waals surface area (Å²) >= 11 is 0. The van der Waals surface area contributed by atoms with Crippen molar-refractivity contribution in [2.75, 3.05) is 0 Å². The quantitative estimate of drug-likeness (QED) is 0.366. The molecule has 0 amide bonds. The van der Waals surface area contributed by atoms with E-state index in [1.54, 1.807) is 0 Å². The van der Waals surface area contributed by atoms with Crippen molar-refractivity contribution in [2.45, 2.75) is 27.7 Å². The largest absolute Gasteiger partial charge is 1.00 e. The zero-order chi connectivity index (χ0) is 17.6. The Kier molecular flexibility index (Phi) is 4.91. The summed E-state index contributed by atoms with van der Waals surface area (Å²) in [4.78, 5) is 17.8. The molecule has 0 radical (unpaired) electrons.